The highest BCUT2D eigenvalue weighted by atomic mass is 79.9. The van der Waals surface area contributed by atoms with E-state index in [1.165, 1.54) is 5.56 Å². The van der Waals surface area contributed by atoms with Gasteiger partial charge in [0.25, 0.3) is 0 Å². The maximum absolute atomic E-state index is 6.03. The number of anilines is 1. The van der Waals surface area contributed by atoms with Gasteiger partial charge >= 0.3 is 0 Å². The average Bonchev–Trinajstić information content (AvgIpc) is 2.41. The molecule has 0 saturated carbocycles. The van der Waals surface area contributed by atoms with Gasteiger partial charge in [-0.25, -0.2) is 0 Å². The summed E-state index contributed by atoms with van der Waals surface area (Å²) in [5.41, 5.74) is 2.20. The molecule has 0 aliphatic heterocycles. The van der Waals surface area contributed by atoms with Gasteiger partial charge in [0, 0.05) is 14.5 Å². The molecule has 100 valence electrons. The Labute approximate surface area is 132 Å². The van der Waals surface area contributed by atoms with Crippen LogP contribution in [-0.2, 0) is 0 Å². The number of hydrogen-bond donors (Lipinski definition) is 1. The second-order valence-corrected chi connectivity index (χ2v) is 6.01. The summed E-state index contributed by atoms with van der Waals surface area (Å²) in [5.74, 6) is 0. The molecule has 0 heterocycles. The number of benzene rings is 2. The Hall–Kier alpha value is -0.700. The van der Waals surface area contributed by atoms with Gasteiger partial charge in [-0.05, 0) is 58.2 Å². The smallest absolute Gasteiger partial charge is 0.0511 e. The molecule has 4 heteroatoms. The summed E-state index contributed by atoms with van der Waals surface area (Å²) in [7, 11) is 0. The van der Waals surface area contributed by atoms with Crippen molar-refractivity contribution in [2.75, 3.05) is 5.32 Å². The third-order valence-electron chi connectivity index (χ3n) is 2.94. The predicted molar refractivity (Wildman–Crippen MR) is 87.3 cm³/mol. The largest absolute Gasteiger partial charge is 0.377 e. The van der Waals surface area contributed by atoms with Gasteiger partial charge in [-0.15, -0.1) is 0 Å². The van der Waals surface area contributed by atoms with E-state index in [4.69, 9.17) is 23.2 Å². The topological polar surface area (TPSA) is 12.0 Å². The summed E-state index contributed by atoms with van der Waals surface area (Å²) >= 11 is 15.5. The fourth-order valence-electron chi connectivity index (χ4n) is 1.91. The normalized spacial score (nSPS) is 12.2. The molecule has 0 aliphatic carbocycles. The highest BCUT2D eigenvalue weighted by molar-refractivity contribution is 9.10. The van der Waals surface area contributed by atoms with E-state index in [9.17, 15) is 0 Å². The van der Waals surface area contributed by atoms with Gasteiger partial charge in [-0.2, -0.15) is 0 Å². The molecule has 0 bridgehead atoms. The molecule has 0 fully saturated rings. The van der Waals surface area contributed by atoms with Crippen molar-refractivity contribution in [3.05, 3.63) is 62.5 Å². The zero-order chi connectivity index (χ0) is 13.8. The number of nitrogens with one attached hydrogen (secondary N) is 1. The van der Waals surface area contributed by atoms with Gasteiger partial charge in [-0.1, -0.05) is 42.3 Å². The third kappa shape index (κ3) is 3.88. The molecule has 0 saturated heterocycles. The Morgan fingerprint density at radius 1 is 1.05 bits per heavy atom. The first-order valence-electron chi connectivity index (χ1n) is 6.07. The molecule has 0 radical (unpaired) electrons. The molecule has 1 unspecified atom stereocenters. The van der Waals surface area contributed by atoms with Crippen LogP contribution in [0.4, 0.5) is 5.69 Å². The molecule has 0 amide bonds. The Balaban J connectivity index is 2.23. The zero-order valence-corrected chi connectivity index (χ0v) is 13.6. The second kappa shape index (κ2) is 6.65. The Morgan fingerprint density at radius 3 is 2.32 bits per heavy atom. The van der Waals surface area contributed by atoms with Gasteiger partial charge < -0.3 is 5.32 Å². The van der Waals surface area contributed by atoms with Crippen LogP contribution < -0.4 is 5.32 Å². The molecule has 0 aromatic heterocycles. The highest BCUT2D eigenvalue weighted by Gasteiger charge is 2.11. The van der Waals surface area contributed by atoms with Crippen molar-refractivity contribution in [2.45, 2.75) is 19.4 Å². The predicted octanol–water partition coefficient (Wildman–Crippen LogP) is 6.32. The summed E-state index contributed by atoms with van der Waals surface area (Å²) in [4.78, 5) is 0. The van der Waals surface area contributed by atoms with E-state index in [0.29, 0.717) is 0 Å². The Morgan fingerprint density at radius 2 is 1.68 bits per heavy atom. The lowest BCUT2D eigenvalue weighted by Gasteiger charge is -2.20. The van der Waals surface area contributed by atoms with Crippen molar-refractivity contribution in [2.24, 2.45) is 0 Å². The molecule has 1 nitrogen and oxygen atoms in total. The van der Waals surface area contributed by atoms with E-state index in [0.717, 1.165) is 26.6 Å². The van der Waals surface area contributed by atoms with Crippen molar-refractivity contribution >= 4 is 44.8 Å². The van der Waals surface area contributed by atoms with E-state index in [1.54, 1.807) is 0 Å². The van der Waals surface area contributed by atoms with Crippen molar-refractivity contribution in [1.82, 2.24) is 0 Å². The fraction of sp³-hybridized carbons (Fsp3) is 0.200. The van der Waals surface area contributed by atoms with Crippen LogP contribution in [0.2, 0.25) is 10.0 Å². The van der Waals surface area contributed by atoms with Crippen LogP contribution in [-0.4, -0.2) is 0 Å². The van der Waals surface area contributed by atoms with Crippen molar-refractivity contribution in [3.63, 3.8) is 0 Å². The Kier molecular flexibility index (Phi) is 5.14. The van der Waals surface area contributed by atoms with Gasteiger partial charge in [0.15, 0.2) is 0 Å². The maximum atomic E-state index is 6.03. The second-order valence-electron chi connectivity index (χ2n) is 4.28. The van der Waals surface area contributed by atoms with Crippen LogP contribution in [0.1, 0.15) is 24.9 Å². The number of rotatable bonds is 4. The third-order valence-corrected chi connectivity index (χ3v) is 4.12. The van der Waals surface area contributed by atoms with Crippen LogP contribution in [0.5, 0.6) is 0 Å². The van der Waals surface area contributed by atoms with E-state index < -0.39 is 0 Å². The van der Waals surface area contributed by atoms with E-state index in [1.807, 2.05) is 42.5 Å². The van der Waals surface area contributed by atoms with Gasteiger partial charge in [0.1, 0.15) is 0 Å². The summed E-state index contributed by atoms with van der Waals surface area (Å²) in [6.07, 6.45) is 0.973. The molecule has 2 aromatic carbocycles. The standard InChI is InChI=1S/C15H14BrCl2N/c1-2-14(10-3-5-11(17)6-4-10)19-15-9-12(18)7-8-13(15)16/h3-9,14,19H,2H2,1H3. The summed E-state index contributed by atoms with van der Waals surface area (Å²) < 4.78 is 1.00. The first-order valence-corrected chi connectivity index (χ1v) is 7.62. The molecular formula is C15H14BrCl2N. The number of halogens is 3. The lowest BCUT2D eigenvalue weighted by Crippen LogP contribution is -2.09. The summed E-state index contributed by atoms with van der Waals surface area (Å²) in [6.45, 7) is 2.14. The van der Waals surface area contributed by atoms with Crippen LogP contribution in [0, 0.1) is 0 Å². The van der Waals surface area contributed by atoms with Gasteiger partial charge in [-0.3, -0.25) is 0 Å². The zero-order valence-electron chi connectivity index (χ0n) is 10.5. The summed E-state index contributed by atoms with van der Waals surface area (Å²) in [5, 5.41) is 4.97. The molecule has 0 spiro atoms. The van der Waals surface area contributed by atoms with Crippen molar-refractivity contribution in [3.8, 4) is 0 Å². The van der Waals surface area contributed by atoms with Crippen LogP contribution in [0.3, 0.4) is 0 Å². The van der Waals surface area contributed by atoms with Gasteiger partial charge in [0.2, 0.25) is 0 Å². The van der Waals surface area contributed by atoms with Gasteiger partial charge in [0.05, 0.1) is 11.7 Å². The minimum Gasteiger partial charge on any atom is -0.377 e. The van der Waals surface area contributed by atoms with Crippen molar-refractivity contribution < 1.29 is 0 Å². The molecule has 0 aliphatic rings. The number of hydrogen-bond acceptors (Lipinski definition) is 1. The molecule has 2 aromatic rings. The highest BCUT2D eigenvalue weighted by Crippen LogP contribution is 2.30. The first-order chi connectivity index (χ1) is 9.10. The quantitative estimate of drug-likeness (QED) is 0.674. The minimum absolute atomic E-state index is 0.229. The Bertz CT molecular complexity index is 555. The molecule has 1 N–H and O–H groups in total. The average molecular weight is 359 g/mol. The van der Waals surface area contributed by atoms with E-state index in [-0.39, 0.29) is 6.04 Å². The monoisotopic (exact) mass is 357 g/mol. The van der Waals surface area contributed by atoms with Crippen LogP contribution >= 0.6 is 39.1 Å². The molecule has 1 atom stereocenters. The van der Waals surface area contributed by atoms with E-state index in [2.05, 4.69) is 28.2 Å². The molecule has 19 heavy (non-hydrogen) atoms. The lowest BCUT2D eigenvalue weighted by molar-refractivity contribution is 0.749. The molecular weight excluding hydrogens is 345 g/mol. The van der Waals surface area contributed by atoms with Crippen molar-refractivity contribution in [1.29, 1.82) is 0 Å². The fourth-order valence-corrected chi connectivity index (χ4v) is 2.57. The minimum atomic E-state index is 0.229. The summed E-state index contributed by atoms with van der Waals surface area (Å²) in [6, 6.07) is 13.9. The van der Waals surface area contributed by atoms with Crippen LogP contribution in [0.25, 0.3) is 0 Å². The van der Waals surface area contributed by atoms with Crippen LogP contribution in [0.15, 0.2) is 46.9 Å². The lowest BCUT2D eigenvalue weighted by atomic mass is 10.0. The first kappa shape index (κ1) is 14.7. The SMILES string of the molecule is CCC(Nc1cc(Cl)ccc1Br)c1ccc(Cl)cc1. The maximum Gasteiger partial charge on any atom is 0.0511 e. The van der Waals surface area contributed by atoms with E-state index >= 15 is 0 Å². The molecule has 2 rings (SSSR count).